The Morgan fingerprint density at radius 1 is 0.509 bits per heavy atom. The molecule has 0 aliphatic heterocycles. The quantitative estimate of drug-likeness (QED) is 0.162. The maximum Gasteiger partial charge on any atom is 0.164 e. The average Bonchev–Trinajstić information content (AvgIpc) is 3.86. The van der Waals surface area contributed by atoms with Crippen LogP contribution < -0.4 is 4.90 Å². The number of hydrogen-bond acceptors (Lipinski definition) is 6. The summed E-state index contributed by atoms with van der Waals surface area (Å²) in [5, 5.41) is 4.68. The zero-order valence-electron chi connectivity index (χ0n) is 31.3. The van der Waals surface area contributed by atoms with E-state index >= 15 is 0 Å². The minimum absolute atomic E-state index is 0.344. The maximum absolute atomic E-state index is 6.77. The van der Waals surface area contributed by atoms with Gasteiger partial charge in [0, 0.05) is 60.7 Å². The van der Waals surface area contributed by atoms with Gasteiger partial charge in [-0.05, 0) is 67.5 Å². The fraction of sp³-hybridized carbons (Fsp3) is 0.118. The van der Waals surface area contributed by atoms with Gasteiger partial charge in [-0.15, -0.1) is 11.3 Å². The monoisotopic (exact) mass is 754 g/mol. The van der Waals surface area contributed by atoms with Gasteiger partial charge in [-0.2, -0.15) is 0 Å². The third-order valence-electron chi connectivity index (χ3n) is 11.7. The van der Waals surface area contributed by atoms with Crippen molar-refractivity contribution in [3.8, 4) is 34.2 Å². The van der Waals surface area contributed by atoms with Crippen molar-refractivity contribution < 1.29 is 4.42 Å². The Balaban J connectivity index is 1.05. The second kappa shape index (κ2) is 14.1. The molecule has 3 aromatic heterocycles. The van der Waals surface area contributed by atoms with Crippen LogP contribution >= 0.6 is 11.3 Å². The molecule has 3 heterocycles. The van der Waals surface area contributed by atoms with Crippen molar-refractivity contribution in [3.63, 3.8) is 0 Å². The molecule has 57 heavy (non-hydrogen) atoms. The first-order valence-corrected chi connectivity index (χ1v) is 20.6. The zero-order chi connectivity index (χ0) is 37.7. The molecule has 0 unspecified atom stereocenters. The van der Waals surface area contributed by atoms with Crippen LogP contribution in [0.15, 0.2) is 174 Å². The first-order chi connectivity index (χ1) is 28.2. The Hall–Kier alpha value is -6.63. The standard InChI is InChI=1S/C51H38N4OS/c1-4-14-33(15-5-1)34-26-28-37(29-27-34)55(43-23-12-21-40-39-20-10-11-25-46(39)57-48(40)43)38-30-31-41-45(32-38)56-44-24-13-22-42(47(41)44)51-53-49(35-16-6-2-7-17-35)52-50(54-51)36-18-8-3-9-19-36/h1-25,30-32,34,37H,26-29H2. The van der Waals surface area contributed by atoms with Crippen LogP contribution in [0.4, 0.5) is 11.4 Å². The highest BCUT2D eigenvalue weighted by Crippen LogP contribution is 2.47. The summed E-state index contributed by atoms with van der Waals surface area (Å²) in [6.07, 6.45) is 4.53. The molecule has 0 saturated heterocycles. The predicted molar refractivity (Wildman–Crippen MR) is 236 cm³/mol. The maximum atomic E-state index is 6.77. The molecular weight excluding hydrogens is 717 g/mol. The molecule has 274 valence electrons. The first kappa shape index (κ1) is 33.7. The van der Waals surface area contributed by atoms with Crippen LogP contribution in [0.1, 0.15) is 37.2 Å². The number of benzene rings is 7. The van der Waals surface area contributed by atoms with Crippen molar-refractivity contribution in [2.24, 2.45) is 0 Å². The number of furan rings is 1. The van der Waals surface area contributed by atoms with E-state index in [1.807, 2.05) is 78.1 Å². The number of nitrogens with zero attached hydrogens (tertiary/aromatic N) is 4. The molecule has 0 spiro atoms. The molecule has 1 fully saturated rings. The lowest BCUT2D eigenvalue weighted by atomic mass is 9.81. The summed E-state index contributed by atoms with van der Waals surface area (Å²) in [5.74, 6) is 2.48. The lowest BCUT2D eigenvalue weighted by Crippen LogP contribution is -2.34. The van der Waals surface area contributed by atoms with Gasteiger partial charge in [-0.3, -0.25) is 0 Å². The Morgan fingerprint density at radius 3 is 1.88 bits per heavy atom. The number of fused-ring (bicyclic) bond motifs is 6. The number of hydrogen-bond donors (Lipinski definition) is 0. The lowest BCUT2D eigenvalue weighted by Gasteiger charge is -2.39. The van der Waals surface area contributed by atoms with Gasteiger partial charge in [0.25, 0.3) is 0 Å². The van der Waals surface area contributed by atoms with E-state index in [-0.39, 0.29) is 0 Å². The predicted octanol–water partition coefficient (Wildman–Crippen LogP) is 14.0. The van der Waals surface area contributed by atoms with Crippen molar-refractivity contribution in [2.45, 2.75) is 37.6 Å². The van der Waals surface area contributed by atoms with E-state index in [9.17, 15) is 0 Å². The van der Waals surface area contributed by atoms with E-state index < -0.39 is 0 Å². The summed E-state index contributed by atoms with van der Waals surface area (Å²) in [7, 11) is 0. The van der Waals surface area contributed by atoms with E-state index in [0.29, 0.717) is 29.4 Å². The van der Waals surface area contributed by atoms with Gasteiger partial charge in [0.1, 0.15) is 11.2 Å². The lowest BCUT2D eigenvalue weighted by molar-refractivity contribution is 0.392. The average molecular weight is 755 g/mol. The van der Waals surface area contributed by atoms with E-state index in [4.69, 9.17) is 19.4 Å². The smallest absolute Gasteiger partial charge is 0.164 e. The van der Waals surface area contributed by atoms with Gasteiger partial charge in [0.15, 0.2) is 17.5 Å². The molecule has 0 N–H and O–H groups in total. The Kier molecular flexibility index (Phi) is 8.36. The summed E-state index contributed by atoms with van der Waals surface area (Å²) in [6, 6.07) is 60.3. The third-order valence-corrected chi connectivity index (χ3v) is 12.9. The molecular formula is C51H38N4OS. The molecule has 11 rings (SSSR count). The van der Waals surface area contributed by atoms with Crippen molar-refractivity contribution in [2.75, 3.05) is 4.90 Å². The van der Waals surface area contributed by atoms with Gasteiger partial charge >= 0.3 is 0 Å². The van der Waals surface area contributed by atoms with Crippen LogP contribution in [0.2, 0.25) is 0 Å². The topological polar surface area (TPSA) is 55.1 Å². The molecule has 1 aliphatic carbocycles. The largest absolute Gasteiger partial charge is 0.456 e. The van der Waals surface area contributed by atoms with Crippen LogP contribution in [-0.2, 0) is 0 Å². The molecule has 7 aromatic carbocycles. The Morgan fingerprint density at radius 2 is 1.14 bits per heavy atom. The number of aromatic nitrogens is 3. The van der Waals surface area contributed by atoms with Gasteiger partial charge in [-0.1, -0.05) is 133 Å². The highest BCUT2D eigenvalue weighted by Gasteiger charge is 2.30. The van der Waals surface area contributed by atoms with E-state index in [1.165, 1.54) is 31.4 Å². The summed E-state index contributed by atoms with van der Waals surface area (Å²) in [6.45, 7) is 0. The summed E-state index contributed by atoms with van der Waals surface area (Å²) < 4.78 is 9.42. The highest BCUT2D eigenvalue weighted by atomic mass is 32.1. The minimum atomic E-state index is 0.344. The highest BCUT2D eigenvalue weighted by molar-refractivity contribution is 7.26. The van der Waals surface area contributed by atoms with Crippen molar-refractivity contribution in [3.05, 3.63) is 175 Å². The molecule has 5 nitrogen and oxygen atoms in total. The number of rotatable bonds is 7. The molecule has 0 atom stereocenters. The molecule has 0 radical (unpaired) electrons. The number of anilines is 2. The molecule has 1 aliphatic rings. The summed E-state index contributed by atoms with van der Waals surface area (Å²) in [5.41, 5.74) is 8.33. The summed E-state index contributed by atoms with van der Waals surface area (Å²) in [4.78, 5) is 17.7. The van der Waals surface area contributed by atoms with Crippen LogP contribution in [0, 0.1) is 0 Å². The van der Waals surface area contributed by atoms with Gasteiger partial charge in [0.05, 0.1) is 10.4 Å². The second-order valence-corrected chi connectivity index (χ2v) is 16.1. The Bertz CT molecular complexity index is 2980. The van der Waals surface area contributed by atoms with Gasteiger partial charge < -0.3 is 9.32 Å². The van der Waals surface area contributed by atoms with E-state index in [2.05, 4.69) is 108 Å². The van der Waals surface area contributed by atoms with Crippen molar-refractivity contribution in [1.29, 1.82) is 0 Å². The van der Waals surface area contributed by atoms with Gasteiger partial charge in [-0.25, -0.2) is 15.0 Å². The van der Waals surface area contributed by atoms with Crippen LogP contribution in [0.5, 0.6) is 0 Å². The molecule has 0 amide bonds. The fourth-order valence-electron chi connectivity index (χ4n) is 8.94. The molecule has 1 saturated carbocycles. The van der Waals surface area contributed by atoms with Crippen molar-refractivity contribution in [1.82, 2.24) is 15.0 Å². The first-order valence-electron chi connectivity index (χ1n) is 19.8. The van der Waals surface area contributed by atoms with Crippen molar-refractivity contribution >= 4 is 64.8 Å². The zero-order valence-corrected chi connectivity index (χ0v) is 32.1. The second-order valence-electron chi connectivity index (χ2n) is 15.0. The fourth-order valence-corrected chi connectivity index (χ4v) is 10.2. The third kappa shape index (κ3) is 6.05. The van der Waals surface area contributed by atoms with Crippen LogP contribution in [0.25, 0.3) is 76.3 Å². The number of thiophene rings is 1. The summed E-state index contributed by atoms with van der Waals surface area (Å²) >= 11 is 1.89. The van der Waals surface area contributed by atoms with Crippen LogP contribution in [0.3, 0.4) is 0 Å². The molecule has 0 bridgehead atoms. The Labute approximate surface area is 334 Å². The van der Waals surface area contributed by atoms with Gasteiger partial charge in [0.2, 0.25) is 0 Å². The van der Waals surface area contributed by atoms with Crippen LogP contribution in [-0.4, -0.2) is 21.0 Å². The van der Waals surface area contributed by atoms with E-state index in [0.717, 1.165) is 70.0 Å². The molecule has 10 aromatic rings. The van der Waals surface area contributed by atoms with E-state index in [1.54, 1.807) is 0 Å². The SMILES string of the molecule is c1ccc(-c2nc(-c3ccccc3)nc(-c3cccc4oc5cc(N(c6cccc7c6sc6ccccc67)C6CCC(c7ccccc7)CC6)ccc5c34)n2)cc1. The minimum Gasteiger partial charge on any atom is -0.456 e. The normalized spacial score (nSPS) is 15.8. The molecule has 6 heteroatoms.